The Labute approximate surface area is 88.4 Å². The molecule has 0 aromatic rings. The van der Waals surface area contributed by atoms with E-state index in [0.717, 1.165) is 13.2 Å². The molecule has 0 aliphatic heterocycles. The number of hydrogen-bond acceptors (Lipinski definition) is 2. The molecule has 0 radical (unpaired) electrons. The molecule has 0 atom stereocenters. The van der Waals surface area contributed by atoms with Crippen molar-refractivity contribution in [3.05, 3.63) is 0 Å². The highest BCUT2D eigenvalue weighted by atomic mass is 16.5. The van der Waals surface area contributed by atoms with E-state index >= 15 is 0 Å². The van der Waals surface area contributed by atoms with Gasteiger partial charge in [-0.05, 0) is 38.5 Å². The fraction of sp³-hybridized carbons (Fsp3) is 1.00. The van der Waals surface area contributed by atoms with Gasteiger partial charge in [0.25, 0.3) is 0 Å². The van der Waals surface area contributed by atoms with E-state index in [2.05, 4.69) is 26.1 Å². The summed E-state index contributed by atoms with van der Waals surface area (Å²) in [5, 5.41) is 3.50. The van der Waals surface area contributed by atoms with Gasteiger partial charge in [-0.2, -0.15) is 0 Å². The van der Waals surface area contributed by atoms with Crippen LogP contribution in [0.2, 0.25) is 0 Å². The monoisotopic (exact) mass is 199 g/mol. The summed E-state index contributed by atoms with van der Waals surface area (Å²) >= 11 is 0. The van der Waals surface area contributed by atoms with Crippen molar-refractivity contribution >= 4 is 0 Å². The predicted octanol–water partition coefficient (Wildman–Crippen LogP) is 2.58. The maximum atomic E-state index is 5.47. The molecule has 0 unspecified atom stereocenters. The fourth-order valence-electron chi connectivity index (χ4n) is 1.94. The van der Waals surface area contributed by atoms with Gasteiger partial charge in [0.15, 0.2) is 0 Å². The molecule has 1 aliphatic rings. The van der Waals surface area contributed by atoms with Crippen molar-refractivity contribution in [2.24, 2.45) is 5.41 Å². The quantitative estimate of drug-likeness (QED) is 0.607. The third-order valence-corrected chi connectivity index (χ3v) is 2.97. The van der Waals surface area contributed by atoms with Crippen LogP contribution < -0.4 is 5.32 Å². The molecule has 1 aliphatic carbocycles. The molecule has 14 heavy (non-hydrogen) atoms. The first-order valence-corrected chi connectivity index (χ1v) is 6.01. The molecule has 84 valence electrons. The van der Waals surface area contributed by atoms with Crippen LogP contribution in [0.3, 0.4) is 0 Å². The molecule has 0 aromatic heterocycles. The van der Waals surface area contributed by atoms with Gasteiger partial charge >= 0.3 is 0 Å². The highest BCUT2D eigenvalue weighted by Gasteiger charge is 2.40. The van der Waals surface area contributed by atoms with E-state index in [9.17, 15) is 0 Å². The lowest BCUT2D eigenvalue weighted by Crippen LogP contribution is -2.28. The van der Waals surface area contributed by atoms with E-state index in [1.54, 1.807) is 0 Å². The maximum Gasteiger partial charge on any atom is 0.0594 e. The van der Waals surface area contributed by atoms with Crippen LogP contribution in [-0.2, 0) is 4.74 Å². The van der Waals surface area contributed by atoms with Crippen molar-refractivity contribution in [3.8, 4) is 0 Å². The number of rotatable bonds is 8. The third kappa shape index (κ3) is 4.43. The summed E-state index contributed by atoms with van der Waals surface area (Å²) in [6, 6.07) is 0. The summed E-state index contributed by atoms with van der Waals surface area (Å²) in [7, 11) is 0. The predicted molar refractivity (Wildman–Crippen MR) is 60.5 cm³/mol. The SMILES string of the molecule is CCCC1(CNCCOC(C)C)CC1. The molecule has 0 amide bonds. The lowest BCUT2D eigenvalue weighted by molar-refractivity contribution is 0.0801. The number of nitrogens with one attached hydrogen (secondary N) is 1. The minimum Gasteiger partial charge on any atom is -0.377 e. The Balaban J connectivity index is 1.93. The van der Waals surface area contributed by atoms with Crippen LogP contribution in [0.15, 0.2) is 0 Å². The number of ether oxygens (including phenoxy) is 1. The first-order valence-electron chi connectivity index (χ1n) is 6.01. The van der Waals surface area contributed by atoms with Gasteiger partial charge in [0, 0.05) is 13.1 Å². The van der Waals surface area contributed by atoms with Crippen molar-refractivity contribution in [1.82, 2.24) is 5.32 Å². The van der Waals surface area contributed by atoms with Gasteiger partial charge in [-0.25, -0.2) is 0 Å². The van der Waals surface area contributed by atoms with E-state index < -0.39 is 0 Å². The van der Waals surface area contributed by atoms with Gasteiger partial charge in [0.2, 0.25) is 0 Å². The lowest BCUT2D eigenvalue weighted by Gasteiger charge is -2.15. The van der Waals surface area contributed by atoms with E-state index in [-0.39, 0.29) is 0 Å². The van der Waals surface area contributed by atoms with Crippen LogP contribution in [0.5, 0.6) is 0 Å². The molecular weight excluding hydrogens is 174 g/mol. The summed E-state index contributed by atoms with van der Waals surface area (Å²) in [6.45, 7) is 9.49. The summed E-state index contributed by atoms with van der Waals surface area (Å²) in [4.78, 5) is 0. The minimum atomic E-state index is 0.363. The van der Waals surface area contributed by atoms with E-state index in [1.165, 1.54) is 32.2 Å². The van der Waals surface area contributed by atoms with Crippen LogP contribution in [0.1, 0.15) is 46.5 Å². The van der Waals surface area contributed by atoms with Gasteiger partial charge in [0.1, 0.15) is 0 Å². The van der Waals surface area contributed by atoms with Crippen molar-refractivity contribution in [2.75, 3.05) is 19.7 Å². The van der Waals surface area contributed by atoms with Gasteiger partial charge in [0.05, 0.1) is 12.7 Å². The molecular formula is C12H25NO. The zero-order valence-corrected chi connectivity index (χ0v) is 9.94. The molecule has 2 heteroatoms. The van der Waals surface area contributed by atoms with Crippen LogP contribution in [0.4, 0.5) is 0 Å². The highest BCUT2D eigenvalue weighted by molar-refractivity contribution is 4.94. The van der Waals surface area contributed by atoms with Gasteiger partial charge in [-0.1, -0.05) is 13.3 Å². The van der Waals surface area contributed by atoms with E-state index in [1.807, 2.05) is 0 Å². The Morgan fingerprint density at radius 2 is 2.07 bits per heavy atom. The van der Waals surface area contributed by atoms with Crippen molar-refractivity contribution < 1.29 is 4.74 Å². The first kappa shape index (κ1) is 12.0. The lowest BCUT2D eigenvalue weighted by atomic mass is 10.0. The second kappa shape index (κ2) is 5.72. The maximum absolute atomic E-state index is 5.47. The zero-order valence-electron chi connectivity index (χ0n) is 9.94. The second-order valence-corrected chi connectivity index (χ2v) is 4.85. The molecule has 1 rings (SSSR count). The Morgan fingerprint density at radius 1 is 1.36 bits per heavy atom. The molecule has 1 fully saturated rings. The smallest absolute Gasteiger partial charge is 0.0594 e. The Morgan fingerprint density at radius 3 is 2.57 bits per heavy atom. The standard InChI is InChI=1S/C12H25NO/c1-4-5-12(6-7-12)10-13-8-9-14-11(2)3/h11,13H,4-10H2,1-3H3. The molecule has 0 bridgehead atoms. The Hall–Kier alpha value is -0.0800. The van der Waals surface area contributed by atoms with Crippen molar-refractivity contribution in [2.45, 2.75) is 52.6 Å². The molecule has 0 saturated heterocycles. The van der Waals surface area contributed by atoms with Gasteiger partial charge in [-0.15, -0.1) is 0 Å². The molecule has 0 aromatic carbocycles. The normalized spacial score (nSPS) is 18.9. The van der Waals surface area contributed by atoms with Crippen LogP contribution in [0, 0.1) is 5.41 Å². The van der Waals surface area contributed by atoms with Crippen LogP contribution >= 0.6 is 0 Å². The number of hydrogen-bond donors (Lipinski definition) is 1. The zero-order chi connectivity index (χ0) is 10.4. The van der Waals surface area contributed by atoms with Crippen molar-refractivity contribution in [3.63, 3.8) is 0 Å². The van der Waals surface area contributed by atoms with E-state index in [4.69, 9.17) is 4.74 Å². The average Bonchev–Trinajstić information content (AvgIpc) is 2.85. The second-order valence-electron chi connectivity index (χ2n) is 4.85. The third-order valence-electron chi connectivity index (χ3n) is 2.97. The summed E-state index contributed by atoms with van der Waals surface area (Å²) in [6.07, 6.45) is 5.94. The Kier molecular flexibility index (Phi) is 4.90. The molecule has 1 N–H and O–H groups in total. The minimum absolute atomic E-state index is 0.363. The highest BCUT2D eigenvalue weighted by Crippen LogP contribution is 2.48. The van der Waals surface area contributed by atoms with Crippen LogP contribution in [0.25, 0.3) is 0 Å². The first-order chi connectivity index (χ1) is 6.68. The van der Waals surface area contributed by atoms with Gasteiger partial charge in [-0.3, -0.25) is 0 Å². The topological polar surface area (TPSA) is 21.3 Å². The average molecular weight is 199 g/mol. The van der Waals surface area contributed by atoms with Gasteiger partial charge < -0.3 is 10.1 Å². The Bertz CT molecular complexity index is 152. The fourth-order valence-corrected chi connectivity index (χ4v) is 1.94. The molecule has 0 spiro atoms. The molecule has 1 saturated carbocycles. The molecule has 2 nitrogen and oxygen atoms in total. The molecule has 0 heterocycles. The van der Waals surface area contributed by atoms with Crippen molar-refractivity contribution in [1.29, 1.82) is 0 Å². The van der Waals surface area contributed by atoms with E-state index in [0.29, 0.717) is 11.5 Å². The van der Waals surface area contributed by atoms with Crippen LogP contribution in [-0.4, -0.2) is 25.8 Å². The summed E-state index contributed by atoms with van der Waals surface area (Å²) in [5.74, 6) is 0. The summed E-state index contributed by atoms with van der Waals surface area (Å²) in [5.41, 5.74) is 0.673. The summed E-state index contributed by atoms with van der Waals surface area (Å²) < 4.78 is 5.47. The largest absolute Gasteiger partial charge is 0.377 e.